The van der Waals surface area contributed by atoms with Gasteiger partial charge in [0.05, 0.1) is 26.4 Å². The Morgan fingerprint density at radius 2 is 0.537 bits per heavy atom. The van der Waals surface area contributed by atoms with Crippen LogP contribution < -0.4 is 0 Å². The molecule has 0 saturated carbocycles. The summed E-state index contributed by atoms with van der Waals surface area (Å²) in [4.78, 5) is 72.8. The Labute approximate surface area is 581 Å². The number of aliphatic hydroxyl groups excluding tert-OH is 1. The first kappa shape index (κ1) is 93.1. The molecule has 0 aliphatic heterocycles. The van der Waals surface area contributed by atoms with Crippen LogP contribution in [0.5, 0.6) is 0 Å². The van der Waals surface area contributed by atoms with E-state index in [0.717, 1.165) is 108 Å². The van der Waals surface area contributed by atoms with E-state index < -0.39 is 97.5 Å². The summed E-state index contributed by atoms with van der Waals surface area (Å²) >= 11 is 0. The maximum absolute atomic E-state index is 13.1. The minimum atomic E-state index is -4.96. The van der Waals surface area contributed by atoms with E-state index in [9.17, 15) is 43.2 Å². The molecule has 17 nitrogen and oxygen atoms in total. The van der Waals surface area contributed by atoms with Crippen LogP contribution in [0, 0.1) is 17.8 Å². The third-order valence-corrected chi connectivity index (χ3v) is 19.9. The molecule has 0 aromatic heterocycles. The highest BCUT2D eigenvalue weighted by Crippen LogP contribution is 2.45. The van der Waals surface area contributed by atoms with Gasteiger partial charge in [-0.15, -0.1) is 0 Å². The van der Waals surface area contributed by atoms with Crippen LogP contribution >= 0.6 is 15.6 Å². The summed E-state index contributed by atoms with van der Waals surface area (Å²) in [6.45, 7) is 11.9. The van der Waals surface area contributed by atoms with Gasteiger partial charge in [-0.05, 0) is 43.4 Å². The molecule has 6 atom stereocenters. The Hall–Kier alpha value is -1.94. The largest absolute Gasteiger partial charge is 0.472 e. The van der Waals surface area contributed by atoms with Crippen molar-refractivity contribution in [1.82, 2.24) is 0 Å². The van der Waals surface area contributed by atoms with Crippen LogP contribution in [-0.4, -0.2) is 96.7 Å². The van der Waals surface area contributed by atoms with E-state index in [0.29, 0.717) is 25.7 Å². The lowest BCUT2D eigenvalue weighted by molar-refractivity contribution is -0.161. The summed E-state index contributed by atoms with van der Waals surface area (Å²) in [5.41, 5.74) is 0. The SMILES string of the molecule is CCCCCCCCCCCCCCCCCCCC(=O)O[C@H](COC(=O)CCCCCCCCCCCCC(C)CC)COP(=O)(O)OC[C@@H](O)COP(=O)(O)OC[C@@H](COC(=O)CCCCCCCCCCC(C)C)OC(=O)CCCCCCCCCCCCC(C)C. The molecule has 0 amide bonds. The van der Waals surface area contributed by atoms with Crippen LogP contribution in [0.1, 0.15) is 389 Å². The second-order valence-electron chi connectivity index (χ2n) is 28.6. The fraction of sp³-hybridized carbons (Fsp3) is 0.947. The highest BCUT2D eigenvalue weighted by atomic mass is 31.2. The number of phosphoric ester groups is 2. The van der Waals surface area contributed by atoms with Crippen LogP contribution in [0.3, 0.4) is 0 Å². The molecule has 0 aliphatic rings. The summed E-state index contributed by atoms with van der Waals surface area (Å²) in [7, 11) is -9.91. The number of hydrogen-bond acceptors (Lipinski definition) is 15. The molecule has 0 fully saturated rings. The van der Waals surface area contributed by atoms with E-state index in [4.69, 9.17) is 37.0 Å². The molecule has 95 heavy (non-hydrogen) atoms. The Bertz CT molecular complexity index is 1850. The lowest BCUT2D eigenvalue weighted by atomic mass is 9.99. The monoisotopic (exact) mass is 1400 g/mol. The minimum Gasteiger partial charge on any atom is -0.462 e. The fourth-order valence-corrected chi connectivity index (χ4v) is 13.1. The van der Waals surface area contributed by atoms with Crippen LogP contribution in [0.4, 0.5) is 0 Å². The summed E-state index contributed by atoms with van der Waals surface area (Å²) in [6.07, 6.45) is 52.6. The van der Waals surface area contributed by atoms with E-state index in [1.165, 1.54) is 199 Å². The lowest BCUT2D eigenvalue weighted by Gasteiger charge is -2.21. The first-order valence-electron chi connectivity index (χ1n) is 39.4. The number of aliphatic hydroxyl groups is 1. The highest BCUT2D eigenvalue weighted by molar-refractivity contribution is 7.47. The Balaban J connectivity index is 5.26. The summed E-state index contributed by atoms with van der Waals surface area (Å²) in [5.74, 6) is 0.170. The van der Waals surface area contributed by atoms with Crippen LogP contribution in [-0.2, 0) is 65.4 Å². The Morgan fingerprint density at radius 3 is 0.800 bits per heavy atom. The zero-order chi connectivity index (χ0) is 70.1. The maximum Gasteiger partial charge on any atom is 0.472 e. The molecule has 0 aromatic carbocycles. The molecule has 3 N–H and O–H groups in total. The van der Waals surface area contributed by atoms with Gasteiger partial charge in [0.1, 0.15) is 19.3 Å². The molecular weight excluding hydrogens is 1250 g/mol. The zero-order valence-electron chi connectivity index (χ0n) is 62.1. The number of hydrogen-bond donors (Lipinski definition) is 3. The van der Waals surface area contributed by atoms with Crippen molar-refractivity contribution in [3.05, 3.63) is 0 Å². The molecule has 0 bridgehead atoms. The molecule has 0 aromatic rings. The van der Waals surface area contributed by atoms with Crippen molar-refractivity contribution in [3.8, 4) is 0 Å². The van der Waals surface area contributed by atoms with Crippen molar-refractivity contribution in [2.45, 2.75) is 407 Å². The average Bonchev–Trinajstić information content (AvgIpc) is 1.28. The average molecular weight is 1400 g/mol. The molecule has 0 saturated heterocycles. The van der Waals surface area contributed by atoms with Gasteiger partial charge in [-0.25, -0.2) is 9.13 Å². The fourth-order valence-electron chi connectivity index (χ4n) is 11.6. The van der Waals surface area contributed by atoms with Crippen molar-refractivity contribution in [2.75, 3.05) is 39.6 Å². The third-order valence-electron chi connectivity index (χ3n) is 18.0. The van der Waals surface area contributed by atoms with Gasteiger partial charge in [-0.2, -0.15) is 0 Å². The van der Waals surface area contributed by atoms with Crippen molar-refractivity contribution in [1.29, 1.82) is 0 Å². The number of unbranched alkanes of at least 4 members (excludes halogenated alkanes) is 41. The van der Waals surface area contributed by atoms with E-state index >= 15 is 0 Å². The van der Waals surface area contributed by atoms with Gasteiger partial charge in [0.25, 0.3) is 0 Å². The van der Waals surface area contributed by atoms with Crippen molar-refractivity contribution < 1.29 is 80.2 Å². The number of carbonyl (C=O) groups is 4. The van der Waals surface area contributed by atoms with Gasteiger partial charge in [0, 0.05) is 25.7 Å². The first-order chi connectivity index (χ1) is 45.8. The highest BCUT2D eigenvalue weighted by Gasteiger charge is 2.30. The third kappa shape index (κ3) is 69.0. The molecule has 3 unspecified atom stereocenters. The maximum atomic E-state index is 13.1. The molecule has 0 aliphatic carbocycles. The normalized spacial score (nSPS) is 14.4. The molecule has 0 heterocycles. The Morgan fingerprint density at radius 1 is 0.305 bits per heavy atom. The first-order valence-corrected chi connectivity index (χ1v) is 42.4. The predicted molar refractivity (Wildman–Crippen MR) is 386 cm³/mol. The standard InChI is InChI=1S/C76H148O17P2/c1-8-10-11-12-13-14-15-16-17-18-19-20-21-29-38-45-52-59-75(80)92-71(63-86-73(78)57-50-43-36-28-25-23-27-35-42-49-56-69(7)9-2)65-90-94(82,83)88-61-70(77)62-89-95(84,85)91-66-72(64-87-74(79)58-51-44-37-32-31-34-41-48-55-68(5)6)93-76(81)60-53-46-39-30-24-22-26-33-40-47-54-67(3)4/h67-72,77H,8-66H2,1-7H3,(H,82,83)(H,84,85)/t69?,70-,71-,72-/m1/s1. The van der Waals surface area contributed by atoms with Crippen LogP contribution in [0.2, 0.25) is 0 Å². The number of ether oxygens (including phenoxy) is 4. The van der Waals surface area contributed by atoms with Crippen molar-refractivity contribution in [2.24, 2.45) is 17.8 Å². The van der Waals surface area contributed by atoms with E-state index in [1.807, 2.05) is 0 Å². The Kier molecular flexibility index (Phi) is 65.2. The molecular formula is C76H148O17P2. The molecule has 0 radical (unpaired) electrons. The second-order valence-corrected chi connectivity index (χ2v) is 31.5. The van der Waals surface area contributed by atoms with Gasteiger partial charge in [-0.3, -0.25) is 37.3 Å². The van der Waals surface area contributed by atoms with E-state index in [1.54, 1.807) is 0 Å². The molecule has 0 spiro atoms. The van der Waals surface area contributed by atoms with Gasteiger partial charge in [0.15, 0.2) is 12.2 Å². The minimum absolute atomic E-state index is 0.105. The summed E-state index contributed by atoms with van der Waals surface area (Å²) in [6, 6.07) is 0. The molecule has 19 heteroatoms. The molecule has 564 valence electrons. The van der Waals surface area contributed by atoms with Crippen molar-refractivity contribution >= 4 is 39.5 Å². The summed E-state index contributed by atoms with van der Waals surface area (Å²) < 4.78 is 68.5. The topological polar surface area (TPSA) is 237 Å². The smallest absolute Gasteiger partial charge is 0.462 e. The summed E-state index contributed by atoms with van der Waals surface area (Å²) in [5, 5.41) is 10.6. The predicted octanol–water partition coefficient (Wildman–Crippen LogP) is 22.2. The molecule has 0 rings (SSSR count). The zero-order valence-corrected chi connectivity index (χ0v) is 63.9. The van der Waals surface area contributed by atoms with E-state index in [-0.39, 0.29) is 25.7 Å². The van der Waals surface area contributed by atoms with Crippen LogP contribution in [0.25, 0.3) is 0 Å². The quantitative estimate of drug-likeness (QED) is 0.0222. The second kappa shape index (κ2) is 66.6. The number of carbonyl (C=O) groups excluding carboxylic acids is 4. The number of esters is 4. The van der Waals surface area contributed by atoms with Gasteiger partial charge < -0.3 is 33.8 Å². The van der Waals surface area contributed by atoms with E-state index in [2.05, 4.69) is 48.5 Å². The van der Waals surface area contributed by atoms with Crippen molar-refractivity contribution in [3.63, 3.8) is 0 Å². The van der Waals surface area contributed by atoms with Gasteiger partial charge in [-0.1, -0.05) is 337 Å². The van der Waals surface area contributed by atoms with Crippen LogP contribution in [0.15, 0.2) is 0 Å². The van der Waals surface area contributed by atoms with Gasteiger partial charge >= 0.3 is 39.5 Å². The lowest BCUT2D eigenvalue weighted by Crippen LogP contribution is -2.30. The number of phosphoric acid groups is 2. The van der Waals surface area contributed by atoms with Gasteiger partial charge in [0.2, 0.25) is 0 Å². The number of rotatable bonds is 74.